The zero-order valence-electron chi connectivity index (χ0n) is 18.4. The molecule has 0 fully saturated rings. The Labute approximate surface area is 180 Å². The van der Waals surface area contributed by atoms with Crippen LogP contribution in [0.15, 0.2) is 29.3 Å². The maximum absolute atomic E-state index is 11.1. The van der Waals surface area contributed by atoms with Gasteiger partial charge in [0.25, 0.3) is 0 Å². The van der Waals surface area contributed by atoms with Crippen LogP contribution >= 0.6 is 0 Å². The molecule has 0 aliphatic carbocycles. The number of guanidine groups is 1. The topological polar surface area (TPSA) is 110 Å². The van der Waals surface area contributed by atoms with E-state index in [1.165, 1.54) is 0 Å². The van der Waals surface area contributed by atoms with Gasteiger partial charge in [-0.15, -0.1) is 0 Å². The number of ether oxygens (including phenoxy) is 3. The zero-order valence-corrected chi connectivity index (χ0v) is 19.3. The number of rotatable bonds is 15. The van der Waals surface area contributed by atoms with Crippen LogP contribution < -0.4 is 20.1 Å². The third-order valence-corrected chi connectivity index (χ3v) is 4.38. The summed E-state index contributed by atoms with van der Waals surface area (Å²) >= 11 is 0. The molecule has 0 unspecified atom stereocenters. The molecule has 1 aromatic carbocycles. The van der Waals surface area contributed by atoms with Crippen molar-refractivity contribution in [3.63, 3.8) is 0 Å². The molecule has 0 amide bonds. The highest BCUT2D eigenvalue weighted by atomic mass is 32.2. The first kappa shape index (κ1) is 26.2. The van der Waals surface area contributed by atoms with E-state index in [0.29, 0.717) is 51.8 Å². The number of anilines is 1. The van der Waals surface area contributed by atoms with Crippen molar-refractivity contribution in [3.8, 4) is 5.75 Å². The standard InChI is InChI=1S/C20H36N4O5S/c1-17(2)29-19-9-7-18(8-10-19)24-20(21-11-5-13-23-30(4,25)26)22-12-6-14-28-16-15-27-3/h7-10,17,23H,5-6,11-16H2,1-4H3,(H2,21,22,24). The minimum atomic E-state index is -3.17. The second kappa shape index (κ2) is 15.0. The predicted octanol–water partition coefficient (Wildman–Crippen LogP) is 1.82. The van der Waals surface area contributed by atoms with E-state index in [0.717, 1.165) is 24.1 Å². The van der Waals surface area contributed by atoms with Crippen molar-refractivity contribution < 1.29 is 22.6 Å². The van der Waals surface area contributed by atoms with Gasteiger partial charge in [-0.1, -0.05) is 0 Å². The summed E-state index contributed by atoms with van der Waals surface area (Å²) in [7, 11) is -1.53. The second-order valence-electron chi connectivity index (χ2n) is 6.95. The van der Waals surface area contributed by atoms with Gasteiger partial charge in [0, 0.05) is 39.0 Å². The molecule has 0 saturated heterocycles. The van der Waals surface area contributed by atoms with Gasteiger partial charge in [-0.2, -0.15) is 0 Å². The van der Waals surface area contributed by atoms with Crippen LogP contribution in [0.2, 0.25) is 0 Å². The lowest BCUT2D eigenvalue weighted by Gasteiger charge is -2.14. The van der Waals surface area contributed by atoms with Crippen molar-refractivity contribution in [3.05, 3.63) is 24.3 Å². The lowest BCUT2D eigenvalue weighted by molar-refractivity contribution is 0.0702. The summed E-state index contributed by atoms with van der Waals surface area (Å²) in [5, 5.41) is 6.49. The molecule has 0 atom stereocenters. The quantitative estimate of drug-likeness (QED) is 0.215. The predicted molar refractivity (Wildman–Crippen MR) is 121 cm³/mol. The van der Waals surface area contributed by atoms with Gasteiger partial charge in [0.2, 0.25) is 10.0 Å². The first-order valence-corrected chi connectivity index (χ1v) is 12.0. The molecule has 0 bridgehead atoms. The second-order valence-corrected chi connectivity index (χ2v) is 8.78. The monoisotopic (exact) mass is 444 g/mol. The number of nitrogens with one attached hydrogen (secondary N) is 3. The van der Waals surface area contributed by atoms with Gasteiger partial charge in [-0.25, -0.2) is 13.1 Å². The smallest absolute Gasteiger partial charge is 0.208 e. The van der Waals surface area contributed by atoms with Crippen LogP contribution in [0, 0.1) is 0 Å². The third-order valence-electron chi connectivity index (χ3n) is 3.65. The van der Waals surface area contributed by atoms with E-state index in [9.17, 15) is 8.42 Å². The van der Waals surface area contributed by atoms with Gasteiger partial charge >= 0.3 is 0 Å². The van der Waals surface area contributed by atoms with Crippen molar-refractivity contribution in [1.82, 2.24) is 10.0 Å². The van der Waals surface area contributed by atoms with Gasteiger partial charge in [-0.05, 0) is 51.0 Å². The Bertz CT molecular complexity index is 708. The maximum Gasteiger partial charge on any atom is 0.208 e. The molecule has 9 nitrogen and oxygen atoms in total. The lowest BCUT2D eigenvalue weighted by atomic mass is 10.3. The van der Waals surface area contributed by atoms with E-state index >= 15 is 0 Å². The highest BCUT2D eigenvalue weighted by Gasteiger charge is 2.03. The molecule has 0 heterocycles. The Morgan fingerprint density at radius 2 is 1.80 bits per heavy atom. The molecule has 3 N–H and O–H groups in total. The van der Waals surface area contributed by atoms with Crippen LogP contribution in [0.3, 0.4) is 0 Å². The Balaban J connectivity index is 2.54. The first-order chi connectivity index (χ1) is 14.3. The lowest BCUT2D eigenvalue weighted by Crippen LogP contribution is -2.34. The van der Waals surface area contributed by atoms with Crippen molar-refractivity contribution in [2.45, 2.75) is 32.8 Å². The minimum Gasteiger partial charge on any atom is -0.491 e. The average Bonchev–Trinajstić information content (AvgIpc) is 2.67. The highest BCUT2D eigenvalue weighted by molar-refractivity contribution is 7.88. The molecular weight excluding hydrogens is 408 g/mol. The normalized spacial score (nSPS) is 12.2. The Kier molecular flexibility index (Phi) is 13.1. The Morgan fingerprint density at radius 1 is 1.07 bits per heavy atom. The zero-order chi connectivity index (χ0) is 22.2. The number of nitrogens with zero attached hydrogens (tertiary/aromatic N) is 1. The summed E-state index contributed by atoms with van der Waals surface area (Å²) in [6.07, 6.45) is 2.69. The molecule has 1 aromatic rings. The van der Waals surface area contributed by atoms with Crippen LogP contribution in [0.1, 0.15) is 26.7 Å². The van der Waals surface area contributed by atoms with Gasteiger partial charge in [0.05, 0.1) is 25.6 Å². The minimum absolute atomic E-state index is 0.120. The molecule has 0 aliphatic rings. The molecule has 0 saturated carbocycles. The van der Waals surface area contributed by atoms with Crippen LogP contribution in [-0.2, 0) is 19.5 Å². The number of aliphatic imine (C=N–C) groups is 1. The molecule has 30 heavy (non-hydrogen) atoms. The van der Waals surface area contributed by atoms with Crippen molar-refractivity contribution in [1.29, 1.82) is 0 Å². The Morgan fingerprint density at radius 3 is 2.43 bits per heavy atom. The van der Waals surface area contributed by atoms with Gasteiger partial charge < -0.3 is 24.8 Å². The van der Waals surface area contributed by atoms with E-state index in [4.69, 9.17) is 14.2 Å². The molecule has 10 heteroatoms. The third kappa shape index (κ3) is 14.2. The fourth-order valence-corrected chi connectivity index (χ4v) is 2.84. The van der Waals surface area contributed by atoms with Crippen molar-refractivity contribution in [2.75, 3.05) is 58.1 Å². The molecule has 0 radical (unpaired) electrons. The Hall–Kier alpha value is -1.88. The van der Waals surface area contributed by atoms with E-state index in [1.54, 1.807) is 7.11 Å². The fourth-order valence-electron chi connectivity index (χ4n) is 2.32. The van der Waals surface area contributed by atoms with Gasteiger partial charge in [-0.3, -0.25) is 4.99 Å². The summed E-state index contributed by atoms with van der Waals surface area (Å²) in [6, 6.07) is 7.65. The molecule has 172 valence electrons. The first-order valence-electron chi connectivity index (χ1n) is 10.1. The number of hydrogen-bond acceptors (Lipinski definition) is 6. The SMILES string of the molecule is COCCOCCCN=C(NCCCNS(C)(=O)=O)Nc1ccc(OC(C)C)cc1. The number of methoxy groups -OCH3 is 1. The molecule has 0 aliphatic heterocycles. The van der Waals surface area contributed by atoms with Gasteiger partial charge in [0.15, 0.2) is 5.96 Å². The van der Waals surface area contributed by atoms with Crippen LogP contribution in [-0.4, -0.2) is 73.3 Å². The number of benzene rings is 1. The van der Waals surface area contributed by atoms with E-state index in [1.807, 2.05) is 38.1 Å². The number of hydrogen-bond donors (Lipinski definition) is 3. The maximum atomic E-state index is 11.1. The van der Waals surface area contributed by atoms with Gasteiger partial charge in [0.1, 0.15) is 5.75 Å². The van der Waals surface area contributed by atoms with E-state index in [-0.39, 0.29) is 6.10 Å². The average molecular weight is 445 g/mol. The van der Waals surface area contributed by atoms with E-state index < -0.39 is 10.0 Å². The summed E-state index contributed by atoms with van der Waals surface area (Å²) in [5.74, 6) is 1.44. The summed E-state index contributed by atoms with van der Waals surface area (Å²) in [4.78, 5) is 4.57. The molecule has 0 spiro atoms. The summed E-state index contributed by atoms with van der Waals surface area (Å²) < 4.78 is 40.8. The fraction of sp³-hybridized carbons (Fsp3) is 0.650. The van der Waals surface area contributed by atoms with Crippen LogP contribution in [0.4, 0.5) is 5.69 Å². The largest absolute Gasteiger partial charge is 0.491 e. The van der Waals surface area contributed by atoms with Crippen molar-refractivity contribution in [2.24, 2.45) is 4.99 Å². The molecular formula is C20H36N4O5S. The number of sulfonamides is 1. The van der Waals surface area contributed by atoms with Crippen LogP contribution in [0.25, 0.3) is 0 Å². The van der Waals surface area contributed by atoms with E-state index in [2.05, 4.69) is 20.3 Å². The molecule has 0 aromatic heterocycles. The van der Waals surface area contributed by atoms with Crippen molar-refractivity contribution >= 4 is 21.7 Å². The summed E-state index contributed by atoms with van der Waals surface area (Å²) in [5.41, 5.74) is 0.878. The highest BCUT2D eigenvalue weighted by Crippen LogP contribution is 2.16. The summed E-state index contributed by atoms with van der Waals surface area (Å²) in [6.45, 7) is 7.27. The van der Waals surface area contributed by atoms with Crippen LogP contribution in [0.5, 0.6) is 5.75 Å². The molecule has 1 rings (SSSR count).